The largest absolute Gasteiger partial charge is 0.384 e. The van der Waals surface area contributed by atoms with Gasteiger partial charge in [-0.15, -0.1) is 0 Å². The Balaban J connectivity index is 1.64. The highest BCUT2D eigenvalue weighted by Gasteiger charge is 2.45. The summed E-state index contributed by atoms with van der Waals surface area (Å²) in [6, 6.07) is 0. The molecule has 0 aromatic carbocycles. The molecule has 0 radical (unpaired) electrons. The number of nitrogens with zero attached hydrogens (tertiary/aromatic N) is 3. The van der Waals surface area contributed by atoms with Crippen molar-refractivity contribution < 1.29 is 19.2 Å². The highest BCUT2D eigenvalue weighted by atomic mass is 16.5. The molecule has 1 N–H and O–H groups in total. The predicted molar refractivity (Wildman–Crippen MR) is 85.9 cm³/mol. The smallest absolute Gasteiger partial charge is 0.251 e. The van der Waals surface area contributed by atoms with Crippen molar-refractivity contribution in [3.05, 3.63) is 17.0 Å². The van der Waals surface area contributed by atoms with Crippen LogP contribution in [0.5, 0.6) is 0 Å². The first kappa shape index (κ1) is 17.0. The van der Waals surface area contributed by atoms with Crippen LogP contribution in [-0.2, 0) is 16.1 Å². The standard InChI is InChI=1S/C17H25N3O4/c1-11-14(13(3)24-18-11)9-20-10-17(8-15(20)22)4-6-19(7-5-17)16(23)12(2)21/h12,21H,4-10H2,1-3H3. The number of aliphatic hydroxyl groups is 1. The van der Waals surface area contributed by atoms with Gasteiger partial charge in [0.2, 0.25) is 5.91 Å². The normalized spacial score (nSPS) is 21.6. The molecule has 1 spiro atoms. The molecule has 1 unspecified atom stereocenters. The monoisotopic (exact) mass is 335 g/mol. The van der Waals surface area contributed by atoms with Crippen LogP contribution in [0.3, 0.4) is 0 Å². The molecule has 1 aromatic heterocycles. The Hall–Kier alpha value is -1.89. The number of likely N-dealkylation sites (tertiary alicyclic amines) is 2. The number of hydrogen-bond donors (Lipinski definition) is 1. The molecule has 2 aliphatic heterocycles. The minimum atomic E-state index is -0.958. The summed E-state index contributed by atoms with van der Waals surface area (Å²) >= 11 is 0. The highest BCUT2D eigenvalue weighted by molar-refractivity contribution is 5.81. The summed E-state index contributed by atoms with van der Waals surface area (Å²) in [6.07, 6.45) is 1.18. The van der Waals surface area contributed by atoms with E-state index in [0.717, 1.165) is 29.9 Å². The molecule has 2 aliphatic rings. The number of aromatic nitrogens is 1. The van der Waals surface area contributed by atoms with Crippen LogP contribution in [0.4, 0.5) is 0 Å². The van der Waals surface area contributed by atoms with Crippen LogP contribution in [-0.4, -0.2) is 57.6 Å². The van der Waals surface area contributed by atoms with Gasteiger partial charge in [0.15, 0.2) is 0 Å². The molecule has 24 heavy (non-hydrogen) atoms. The van der Waals surface area contributed by atoms with E-state index in [1.165, 1.54) is 6.92 Å². The summed E-state index contributed by atoms with van der Waals surface area (Å²) in [6.45, 7) is 7.72. The molecule has 1 atom stereocenters. The lowest BCUT2D eigenvalue weighted by atomic mass is 9.77. The van der Waals surface area contributed by atoms with Gasteiger partial charge in [0.25, 0.3) is 5.91 Å². The lowest BCUT2D eigenvalue weighted by Crippen LogP contribution is -2.47. The summed E-state index contributed by atoms with van der Waals surface area (Å²) in [7, 11) is 0. The first-order chi connectivity index (χ1) is 11.3. The van der Waals surface area contributed by atoms with Crippen molar-refractivity contribution in [1.29, 1.82) is 0 Å². The predicted octanol–water partition coefficient (Wildman–Crippen LogP) is 1.01. The molecule has 7 heteroatoms. The van der Waals surface area contributed by atoms with E-state index >= 15 is 0 Å². The Bertz CT molecular complexity index is 625. The summed E-state index contributed by atoms with van der Waals surface area (Å²) in [4.78, 5) is 28.0. The van der Waals surface area contributed by atoms with Gasteiger partial charge >= 0.3 is 0 Å². The van der Waals surface area contributed by atoms with Gasteiger partial charge in [-0.2, -0.15) is 0 Å². The van der Waals surface area contributed by atoms with Gasteiger partial charge in [0, 0.05) is 37.0 Å². The molecule has 132 valence electrons. The zero-order valence-corrected chi connectivity index (χ0v) is 14.5. The number of carbonyl (C=O) groups excluding carboxylic acids is 2. The molecular formula is C17H25N3O4. The maximum atomic E-state index is 12.5. The van der Waals surface area contributed by atoms with Crippen LogP contribution in [0.25, 0.3) is 0 Å². The van der Waals surface area contributed by atoms with E-state index in [4.69, 9.17) is 4.52 Å². The van der Waals surface area contributed by atoms with Crippen LogP contribution in [0.2, 0.25) is 0 Å². The van der Waals surface area contributed by atoms with Gasteiger partial charge in [-0.05, 0) is 33.6 Å². The van der Waals surface area contributed by atoms with E-state index in [2.05, 4.69) is 5.16 Å². The molecule has 2 amide bonds. The number of hydrogen-bond acceptors (Lipinski definition) is 5. The lowest BCUT2D eigenvalue weighted by Gasteiger charge is -2.39. The Kier molecular flexibility index (Phi) is 4.38. The third-order valence-electron chi connectivity index (χ3n) is 5.43. The van der Waals surface area contributed by atoms with E-state index < -0.39 is 6.10 Å². The Labute approximate surface area is 141 Å². The molecule has 1 aromatic rings. The molecule has 0 saturated carbocycles. The number of rotatable bonds is 3. The van der Waals surface area contributed by atoms with E-state index in [9.17, 15) is 14.7 Å². The Morgan fingerprint density at radius 2 is 2.04 bits per heavy atom. The molecule has 7 nitrogen and oxygen atoms in total. The van der Waals surface area contributed by atoms with Crippen LogP contribution in [0.1, 0.15) is 43.2 Å². The summed E-state index contributed by atoms with van der Waals surface area (Å²) < 4.78 is 5.18. The van der Waals surface area contributed by atoms with Crippen molar-refractivity contribution in [2.75, 3.05) is 19.6 Å². The lowest BCUT2D eigenvalue weighted by molar-refractivity contribution is -0.141. The molecule has 3 rings (SSSR count). The van der Waals surface area contributed by atoms with Crippen LogP contribution in [0, 0.1) is 19.3 Å². The molecule has 2 saturated heterocycles. The van der Waals surface area contributed by atoms with E-state index in [1.807, 2.05) is 18.7 Å². The van der Waals surface area contributed by atoms with Crippen molar-refractivity contribution in [2.45, 2.75) is 52.7 Å². The van der Waals surface area contributed by atoms with Crippen molar-refractivity contribution in [2.24, 2.45) is 5.41 Å². The van der Waals surface area contributed by atoms with Crippen LogP contribution >= 0.6 is 0 Å². The average molecular weight is 335 g/mol. The Morgan fingerprint density at radius 3 is 2.58 bits per heavy atom. The Morgan fingerprint density at radius 1 is 1.38 bits per heavy atom. The van der Waals surface area contributed by atoms with Crippen molar-refractivity contribution in [1.82, 2.24) is 15.0 Å². The van der Waals surface area contributed by atoms with Crippen molar-refractivity contribution in [3.63, 3.8) is 0 Å². The number of amides is 2. The van der Waals surface area contributed by atoms with Crippen molar-refractivity contribution >= 4 is 11.8 Å². The van der Waals surface area contributed by atoms with Crippen LogP contribution in [0.15, 0.2) is 4.52 Å². The number of piperidine rings is 1. The third kappa shape index (κ3) is 3.05. The first-order valence-electron chi connectivity index (χ1n) is 8.48. The second-order valence-electron chi connectivity index (χ2n) is 7.23. The number of aliphatic hydroxyl groups excluding tert-OH is 1. The molecule has 0 aliphatic carbocycles. The zero-order valence-electron chi connectivity index (χ0n) is 14.5. The molecule has 2 fully saturated rings. The third-order valence-corrected chi connectivity index (χ3v) is 5.43. The molecular weight excluding hydrogens is 310 g/mol. The van der Waals surface area contributed by atoms with Crippen LogP contribution < -0.4 is 0 Å². The number of carbonyl (C=O) groups is 2. The summed E-state index contributed by atoms with van der Waals surface area (Å²) in [5.41, 5.74) is 1.77. The second kappa shape index (κ2) is 6.20. The van der Waals surface area contributed by atoms with E-state index in [0.29, 0.717) is 32.6 Å². The second-order valence-corrected chi connectivity index (χ2v) is 7.23. The molecule has 0 bridgehead atoms. The zero-order chi connectivity index (χ0) is 17.5. The van der Waals surface area contributed by atoms with Gasteiger partial charge in [0.05, 0.1) is 12.2 Å². The summed E-state index contributed by atoms with van der Waals surface area (Å²) in [5.74, 6) is 0.700. The van der Waals surface area contributed by atoms with E-state index in [1.54, 1.807) is 4.90 Å². The maximum Gasteiger partial charge on any atom is 0.251 e. The SMILES string of the molecule is Cc1noc(C)c1CN1CC2(CCN(C(=O)C(C)O)CC2)CC1=O. The minimum Gasteiger partial charge on any atom is -0.384 e. The minimum absolute atomic E-state index is 0.0501. The quantitative estimate of drug-likeness (QED) is 0.891. The van der Waals surface area contributed by atoms with Gasteiger partial charge < -0.3 is 19.4 Å². The molecule has 3 heterocycles. The van der Waals surface area contributed by atoms with Crippen molar-refractivity contribution in [3.8, 4) is 0 Å². The van der Waals surface area contributed by atoms with E-state index in [-0.39, 0.29) is 17.2 Å². The first-order valence-corrected chi connectivity index (χ1v) is 8.48. The average Bonchev–Trinajstić information content (AvgIpc) is 3.01. The van der Waals surface area contributed by atoms with Gasteiger partial charge in [-0.25, -0.2) is 0 Å². The fourth-order valence-corrected chi connectivity index (χ4v) is 3.84. The fourth-order valence-electron chi connectivity index (χ4n) is 3.84. The topological polar surface area (TPSA) is 86.9 Å². The number of aryl methyl sites for hydroxylation is 2. The highest BCUT2D eigenvalue weighted by Crippen LogP contribution is 2.41. The summed E-state index contributed by atoms with van der Waals surface area (Å²) in [5, 5.41) is 13.4. The fraction of sp³-hybridized carbons (Fsp3) is 0.706. The maximum absolute atomic E-state index is 12.5. The van der Waals surface area contributed by atoms with Gasteiger partial charge in [-0.3, -0.25) is 9.59 Å². The van der Waals surface area contributed by atoms with Gasteiger partial charge in [0.1, 0.15) is 11.9 Å². The van der Waals surface area contributed by atoms with Gasteiger partial charge in [-0.1, -0.05) is 5.16 Å².